The van der Waals surface area contributed by atoms with Gasteiger partial charge in [-0.1, -0.05) is 13.8 Å². The molecule has 5 heteroatoms. The highest BCUT2D eigenvalue weighted by atomic mass is 32.1. The van der Waals surface area contributed by atoms with Crippen LogP contribution in [0.2, 0.25) is 0 Å². The first-order chi connectivity index (χ1) is 10.1. The van der Waals surface area contributed by atoms with Gasteiger partial charge in [0.25, 0.3) is 0 Å². The quantitative estimate of drug-likeness (QED) is 0.719. The number of halogens is 1. The highest BCUT2D eigenvalue weighted by molar-refractivity contribution is 7.15. The lowest BCUT2D eigenvalue weighted by molar-refractivity contribution is 0.628. The fraction of sp³-hybridized carbons (Fsp3) is 0.250. The zero-order valence-electron chi connectivity index (χ0n) is 11.8. The predicted molar refractivity (Wildman–Crippen MR) is 81.9 cm³/mol. The van der Waals surface area contributed by atoms with Crippen LogP contribution in [0.3, 0.4) is 0 Å². The minimum absolute atomic E-state index is 0.274. The molecule has 0 radical (unpaired) electrons. The van der Waals surface area contributed by atoms with E-state index in [1.165, 1.54) is 12.1 Å². The number of benzene rings is 1. The molecule has 0 spiro atoms. The van der Waals surface area contributed by atoms with Crippen molar-refractivity contribution in [3.8, 4) is 17.3 Å². The van der Waals surface area contributed by atoms with Crippen molar-refractivity contribution >= 4 is 16.3 Å². The number of fused-ring (bicyclic) bond motifs is 1. The van der Waals surface area contributed by atoms with Crippen molar-refractivity contribution in [2.75, 3.05) is 0 Å². The van der Waals surface area contributed by atoms with Crippen LogP contribution in [-0.4, -0.2) is 9.38 Å². The van der Waals surface area contributed by atoms with E-state index in [1.807, 2.05) is 0 Å². The van der Waals surface area contributed by atoms with Crippen LogP contribution in [-0.2, 0) is 6.42 Å². The predicted octanol–water partition coefficient (Wildman–Crippen LogP) is 4.39. The second-order valence-electron chi connectivity index (χ2n) is 5.18. The molecule has 0 unspecified atom stereocenters. The topological polar surface area (TPSA) is 41.1 Å². The van der Waals surface area contributed by atoms with E-state index in [1.54, 1.807) is 23.5 Å². The number of hydrogen-bond acceptors (Lipinski definition) is 3. The highest BCUT2D eigenvalue weighted by Crippen LogP contribution is 2.31. The number of nitriles is 1. The van der Waals surface area contributed by atoms with Crippen molar-refractivity contribution in [1.29, 1.82) is 5.26 Å². The summed E-state index contributed by atoms with van der Waals surface area (Å²) in [6.45, 7) is 4.24. The molecule has 0 N–H and O–H groups in total. The maximum Gasteiger partial charge on any atom is 0.194 e. The monoisotopic (exact) mass is 299 g/mol. The summed E-state index contributed by atoms with van der Waals surface area (Å²) in [7, 11) is 0. The van der Waals surface area contributed by atoms with E-state index in [4.69, 9.17) is 5.26 Å². The Balaban J connectivity index is 2.25. The van der Waals surface area contributed by atoms with Gasteiger partial charge in [-0.05, 0) is 30.2 Å². The first kappa shape index (κ1) is 13.8. The summed E-state index contributed by atoms with van der Waals surface area (Å²) >= 11 is 1.57. The van der Waals surface area contributed by atoms with E-state index in [9.17, 15) is 4.39 Å². The summed E-state index contributed by atoms with van der Waals surface area (Å²) in [5, 5.41) is 11.2. The second kappa shape index (κ2) is 5.30. The van der Waals surface area contributed by atoms with Gasteiger partial charge in [0.2, 0.25) is 0 Å². The molecule has 21 heavy (non-hydrogen) atoms. The summed E-state index contributed by atoms with van der Waals surface area (Å²) in [5.41, 5.74) is 3.64. The Bertz CT molecular complexity index is 822. The molecule has 0 aliphatic heterocycles. The number of thiazole rings is 1. The molecule has 0 amide bonds. The minimum Gasteiger partial charge on any atom is -0.290 e. The third-order valence-electron chi connectivity index (χ3n) is 3.44. The molecule has 0 fully saturated rings. The summed E-state index contributed by atoms with van der Waals surface area (Å²) < 4.78 is 15.2. The minimum atomic E-state index is -0.274. The largest absolute Gasteiger partial charge is 0.290 e. The highest BCUT2D eigenvalue weighted by Gasteiger charge is 2.19. The van der Waals surface area contributed by atoms with Gasteiger partial charge in [0, 0.05) is 16.6 Å². The Labute approximate surface area is 126 Å². The van der Waals surface area contributed by atoms with E-state index < -0.39 is 0 Å². The van der Waals surface area contributed by atoms with E-state index in [0.717, 1.165) is 27.6 Å². The average molecular weight is 299 g/mol. The molecule has 0 saturated carbocycles. The Morgan fingerprint density at radius 3 is 2.67 bits per heavy atom. The van der Waals surface area contributed by atoms with Gasteiger partial charge in [0.05, 0.1) is 23.9 Å². The van der Waals surface area contributed by atoms with Gasteiger partial charge in [-0.2, -0.15) is 5.26 Å². The van der Waals surface area contributed by atoms with Crippen LogP contribution in [0, 0.1) is 17.1 Å². The summed E-state index contributed by atoms with van der Waals surface area (Å²) in [5.74, 6) is 0.0796. The van der Waals surface area contributed by atoms with Crippen molar-refractivity contribution in [1.82, 2.24) is 9.38 Å². The smallest absolute Gasteiger partial charge is 0.194 e. The zero-order chi connectivity index (χ0) is 15.0. The van der Waals surface area contributed by atoms with E-state index in [0.29, 0.717) is 5.92 Å². The van der Waals surface area contributed by atoms with E-state index >= 15 is 0 Å². The summed E-state index contributed by atoms with van der Waals surface area (Å²) in [6.07, 6.45) is 0.282. The van der Waals surface area contributed by atoms with Crippen molar-refractivity contribution in [2.45, 2.75) is 26.2 Å². The van der Waals surface area contributed by atoms with Crippen LogP contribution in [0.15, 0.2) is 29.6 Å². The Morgan fingerprint density at radius 2 is 2.05 bits per heavy atom. The van der Waals surface area contributed by atoms with Crippen molar-refractivity contribution in [2.24, 2.45) is 0 Å². The lowest BCUT2D eigenvalue weighted by atomic mass is 10.1. The lowest BCUT2D eigenvalue weighted by Crippen LogP contribution is -1.99. The third kappa shape index (κ3) is 2.32. The van der Waals surface area contributed by atoms with Gasteiger partial charge in [0.15, 0.2) is 4.96 Å². The van der Waals surface area contributed by atoms with Crippen molar-refractivity contribution in [3.63, 3.8) is 0 Å². The molecule has 0 aliphatic rings. The summed E-state index contributed by atoms with van der Waals surface area (Å²) in [6, 6.07) is 8.46. The van der Waals surface area contributed by atoms with Gasteiger partial charge in [-0.25, -0.2) is 9.37 Å². The molecule has 2 aromatic heterocycles. The van der Waals surface area contributed by atoms with E-state index in [-0.39, 0.29) is 12.2 Å². The van der Waals surface area contributed by atoms with Gasteiger partial charge in [-0.3, -0.25) is 4.40 Å². The van der Waals surface area contributed by atoms with Crippen LogP contribution in [0.4, 0.5) is 4.39 Å². The first-order valence-corrected chi connectivity index (χ1v) is 7.61. The molecule has 0 bridgehead atoms. The standard InChI is InChI=1S/C16H14FN3S/c1-10(2)14-9-21-16-19-15(13(7-8-18)20(14)16)11-3-5-12(17)6-4-11/h3-6,9-10H,7H2,1-2H3. The molecule has 2 heterocycles. The number of rotatable bonds is 3. The molecule has 3 rings (SSSR count). The Kier molecular flexibility index (Phi) is 3.48. The second-order valence-corrected chi connectivity index (χ2v) is 6.02. The van der Waals surface area contributed by atoms with Crippen LogP contribution >= 0.6 is 11.3 Å². The molecular weight excluding hydrogens is 285 g/mol. The molecule has 3 nitrogen and oxygen atoms in total. The number of aromatic nitrogens is 2. The third-order valence-corrected chi connectivity index (χ3v) is 4.28. The Hall–Kier alpha value is -2.19. The van der Waals surface area contributed by atoms with Crippen molar-refractivity contribution < 1.29 is 4.39 Å². The van der Waals surface area contributed by atoms with Crippen LogP contribution < -0.4 is 0 Å². The maximum atomic E-state index is 13.1. The SMILES string of the molecule is CC(C)c1csc2nc(-c3ccc(F)cc3)c(CC#N)n12. The Morgan fingerprint density at radius 1 is 1.33 bits per heavy atom. The molecule has 1 aromatic carbocycles. The molecule has 0 saturated heterocycles. The molecule has 3 aromatic rings. The zero-order valence-corrected chi connectivity index (χ0v) is 12.6. The number of nitrogens with zero attached hydrogens (tertiary/aromatic N) is 3. The van der Waals surface area contributed by atoms with Crippen LogP contribution in [0.25, 0.3) is 16.2 Å². The molecular formula is C16H14FN3S. The number of imidazole rings is 1. The van der Waals surface area contributed by atoms with Crippen molar-refractivity contribution in [3.05, 3.63) is 46.9 Å². The maximum absolute atomic E-state index is 13.1. The molecule has 0 aliphatic carbocycles. The van der Waals surface area contributed by atoms with Crippen LogP contribution in [0.5, 0.6) is 0 Å². The molecule has 106 valence electrons. The van der Waals surface area contributed by atoms with E-state index in [2.05, 4.69) is 34.7 Å². The average Bonchev–Trinajstić information content (AvgIpc) is 3.00. The fourth-order valence-electron chi connectivity index (χ4n) is 2.41. The normalized spacial score (nSPS) is 11.2. The van der Waals surface area contributed by atoms with Crippen LogP contribution in [0.1, 0.15) is 31.2 Å². The van der Waals surface area contributed by atoms with Gasteiger partial charge < -0.3 is 0 Å². The first-order valence-electron chi connectivity index (χ1n) is 6.73. The fourth-order valence-corrected chi connectivity index (χ4v) is 3.48. The summed E-state index contributed by atoms with van der Waals surface area (Å²) in [4.78, 5) is 5.52. The lowest BCUT2D eigenvalue weighted by Gasteiger charge is -2.06. The van der Waals surface area contributed by atoms with Gasteiger partial charge in [0.1, 0.15) is 5.82 Å². The van der Waals surface area contributed by atoms with Gasteiger partial charge >= 0.3 is 0 Å². The number of hydrogen-bond donors (Lipinski definition) is 0. The van der Waals surface area contributed by atoms with Gasteiger partial charge in [-0.15, -0.1) is 11.3 Å². The molecule has 0 atom stereocenters.